The molecular formula is C24H16Cl2N2O4. The molecule has 8 heteroatoms. The van der Waals surface area contributed by atoms with Gasteiger partial charge in [0, 0.05) is 5.69 Å². The van der Waals surface area contributed by atoms with Crippen LogP contribution in [0.4, 0.5) is 11.4 Å². The number of esters is 1. The highest BCUT2D eigenvalue weighted by atomic mass is 35.5. The van der Waals surface area contributed by atoms with Gasteiger partial charge in [0.25, 0.3) is 11.8 Å². The van der Waals surface area contributed by atoms with Crippen molar-refractivity contribution in [2.75, 3.05) is 10.2 Å². The quantitative estimate of drug-likeness (QED) is 0.313. The van der Waals surface area contributed by atoms with Gasteiger partial charge >= 0.3 is 5.97 Å². The number of para-hydroxylation sites is 2. The highest BCUT2D eigenvalue weighted by Crippen LogP contribution is 2.32. The van der Waals surface area contributed by atoms with E-state index in [0.717, 1.165) is 10.5 Å². The van der Waals surface area contributed by atoms with Gasteiger partial charge in [0.1, 0.15) is 16.5 Å². The van der Waals surface area contributed by atoms with Crippen LogP contribution in [0.1, 0.15) is 15.9 Å². The van der Waals surface area contributed by atoms with Gasteiger partial charge in [0.2, 0.25) is 0 Å². The molecular weight excluding hydrogens is 451 g/mol. The van der Waals surface area contributed by atoms with E-state index in [4.69, 9.17) is 27.9 Å². The smallest absolute Gasteiger partial charge is 0.343 e. The maximum Gasteiger partial charge on any atom is 0.343 e. The largest absolute Gasteiger partial charge is 0.421 e. The number of amides is 2. The number of carbonyl (C=O) groups is 3. The Morgan fingerprint density at radius 2 is 1.53 bits per heavy atom. The Balaban J connectivity index is 1.50. The Labute approximate surface area is 194 Å². The predicted molar refractivity (Wildman–Crippen MR) is 123 cm³/mol. The van der Waals surface area contributed by atoms with Crippen molar-refractivity contribution in [1.29, 1.82) is 0 Å². The van der Waals surface area contributed by atoms with Crippen LogP contribution < -0.4 is 15.0 Å². The lowest BCUT2D eigenvalue weighted by atomic mass is 10.2. The molecule has 0 saturated heterocycles. The lowest BCUT2D eigenvalue weighted by Crippen LogP contribution is -2.32. The molecule has 0 bridgehead atoms. The molecule has 3 aromatic carbocycles. The first kappa shape index (κ1) is 21.6. The van der Waals surface area contributed by atoms with Gasteiger partial charge in [0.15, 0.2) is 0 Å². The first-order valence-corrected chi connectivity index (χ1v) is 10.3. The number of nitrogens with one attached hydrogen (secondary N) is 1. The Bertz CT molecular complexity index is 1270. The second kappa shape index (κ2) is 8.86. The summed E-state index contributed by atoms with van der Waals surface area (Å²) in [4.78, 5) is 38.9. The third kappa shape index (κ3) is 4.10. The fraction of sp³-hybridized carbons (Fsp3) is 0.0417. The van der Waals surface area contributed by atoms with Gasteiger partial charge in [-0.3, -0.25) is 9.59 Å². The summed E-state index contributed by atoms with van der Waals surface area (Å²) >= 11 is 12.2. The number of anilines is 2. The summed E-state index contributed by atoms with van der Waals surface area (Å²) in [6.07, 6.45) is 0. The van der Waals surface area contributed by atoms with Crippen LogP contribution in [0.25, 0.3) is 0 Å². The minimum atomic E-state index is -0.603. The number of nitrogens with zero attached hydrogens (tertiary/aromatic N) is 1. The number of rotatable bonds is 5. The van der Waals surface area contributed by atoms with Crippen LogP contribution in [0, 0.1) is 6.92 Å². The predicted octanol–water partition coefficient (Wildman–Crippen LogP) is 5.30. The van der Waals surface area contributed by atoms with Crippen molar-refractivity contribution in [3.05, 3.63) is 99.7 Å². The Morgan fingerprint density at radius 1 is 0.875 bits per heavy atom. The van der Waals surface area contributed by atoms with Crippen molar-refractivity contribution in [2.45, 2.75) is 6.92 Å². The molecule has 0 unspecified atom stereocenters. The second-order valence-electron chi connectivity index (χ2n) is 6.94. The summed E-state index contributed by atoms with van der Waals surface area (Å²) in [5.41, 5.74) is 1.95. The van der Waals surface area contributed by atoms with Crippen molar-refractivity contribution in [3.63, 3.8) is 0 Å². The van der Waals surface area contributed by atoms with Crippen LogP contribution >= 0.6 is 23.2 Å². The van der Waals surface area contributed by atoms with Crippen molar-refractivity contribution in [2.24, 2.45) is 0 Å². The van der Waals surface area contributed by atoms with E-state index in [0.29, 0.717) is 16.4 Å². The maximum absolute atomic E-state index is 12.9. The molecule has 0 atom stereocenters. The molecule has 1 aliphatic rings. The number of hydrogen-bond donors (Lipinski definition) is 1. The Hall–Kier alpha value is -3.61. The average Bonchev–Trinajstić information content (AvgIpc) is 2.99. The van der Waals surface area contributed by atoms with E-state index >= 15 is 0 Å². The van der Waals surface area contributed by atoms with Crippen LogP contribution in [-0.2, 0) is 9.59 Å². The zero-order valence-corrected chi connectivity index (χ0v) is 18.3. The Kier molecular flexibility index (Phi) is 5.99. The highest BCUT2D eigenvalue weighted by molar-refractivity contribution is 6.53. The van der Waals surface area contributed by atoms with E-state index in [1.165, 1.54) is 12.1 Å². The molecule has 0 aliphatic carbocycles. The van der Waals surface area contributed by atoms with Crippen molar-refractivity contribution in [1.82, 2.24) is 0 Å². The first-order chi connectivity index (χ1) is 15.4. The molecule has 2 amide bonds. The van der Waals surface area contributed by atoms with Gasteiger partial charge in [-0.15, -0.1) is 0 Å². The molecule has 0 aromatic heterocycles. The van der Waals surface area contributed by atoms with Crippen LogP contribution in [0.2, 0.25) is 5.02 Å². The number of benzene rings is 3. The zero-order chi connectivity index (χ0) is 22.8. The molecule has 0 spiro atoms. The molecule has 1 aliphatic heterocycles. The SMILES string of the molecule is Cc1ccccc1N1C(=O)C(Cl)=C(Nc2ccc(C(=O)Oc3ccccc3Cl)cc2)C1=O. The molecule has 160 valence electrons. The van der Waals surface area contributed by atoms with Gasteiger partial charge < -0.3 is 10.1 Å². The summed E-state index contributed by atoms with van der Waals surface area (Å²) in [6, 6.07) is 19.9. The number of ether oxygens (including phenoxy) is 1. The lowest BCUT2D eigenvalue weighted by Gasteiger charge is -2.17. The minimum Gasteiger partial charge on any atom is -0.421 e. The summed E-state index contributed by atoms with van der Waals surface area (Å²) < 4.78 is 5.30. The minimum absolute atomic E-state index is 0.0358. The number of halogens is 2. The van der Waals surface area contributed by atoms with Gasteiger partial charge in [-0.25, -0.2) is 9.69 Å². The monoisotopic (exact) mass is 466 g/mol. The molecule has 4 rings (SSSR count). The maximum atomic E-state index is 12.9. The topological polar surface area (TPSA) is 75.7 Å². The second-order valence-corrected chi connectivity index (χ2v) is 7.73. The van der Waals surface area contributed by atoms with Crippen LogP contribution in [-0.4, -0.2) is 17.8 Å². The van der Waals surface area contributed by atoms with Crippen molar-refractivity contribution >= 4 is 52.4 Å². The fourth-order valence-corrected chi connectivity index (χ4v) is 3.55. The molecule has 6 nitrogen and oxygen atoms in total. The summed E-state index contributed by atoms with van der Waals surface area (Å²) in [5.74, 6) is -1.49. The molecule has 1 N–H and O–H groups in total. The van der Waals surface area contributed by atoms with E-state index in [1.54, 1.807) is 61.5 Å². The molecule has 1 heterocycles. The van der Waals surface area contributed by atoms with Gasteiger partial charge in [-0.05, 0) is 55.0 Å². The average molecular weight is 467 g/mol. The van der Waals surface area contributed by atoms with Gasteiger partial charge in [-0.1, -0.05) is 53.5 Å². The third-order valence-corrected chi connectivity index (χ3v) is 5.48. The zero-order valence-electron chi connectivity index (χ0n) is 16.8. The third-order valence-electron chi connectivity index (χ3n) is 4.81. The first-order valence-electron chi connectivity index (χ1n) is 9.55. The fourth-order valence-electron chi connectivity index (χ4n) is 3.16. The molecule has 0 radical (unpaired) electrons. The normalized spacial score (nSPS) is 13.5. The number of carbonyl (C=O) groups excluding carboxylic acids is 3. The molecule has 32 heavy (non-hydrogen) atoms. The van der Waals surface area contributed by atoms with Crippen molar-refractivity contribution in [3.8, 4) is 5.75 Å². The van der Waals surface area contributed by atoms with Crippen LogP contribution in [0.15, 0.2) is 83.5 Å². The molecule has 0 saturated carbocycles. The summed E-state index contributed by atoms with van der Waals surface area (Å²) in [7, 11) is 0. The van der Waals surface area contributed by atoms with Gasteiger partial charge in [-0.2, -0.15) is 0 Å². The van der Waals surface area contributed by atoms with E-state index < -0.39 is 17.8 Å². The van der Waals surface area contributed by atoms with Crippen LogP contribution in [0.5, 0.6) is 5.75 Å². The summed E-state index contributed by atoms with van der Waals surface area (Å²) in [5, 5.41) is 2.99. The Morgan fingerprint density at radius 3 is 2.22 bits per heavy atom. The van der Waals surface area contributed by atoms with E-state index in [1.807, 2.05) is 6.07 Å². The van der Waals surface area contributed by atoms with E-state index in [9.17, 15) is 14.4 Å². The van der Waals surface area contributed by atoms with Crippen LogP contribution in [0.3, 0.4) is 0 Å². The van der Waals surface area contributed by atoms with E-state index in [-0.39, 0.29) is 22.0 Å². The lowest BCUT2D eigenvalue weighted by molar-refractivity contribution is -0.120. The van der Waals surface area contributed by atoms with E-state index in [2.05, 4.69) is 5.32 Å². The number of imide groups is 1. The molecule has 3 aromatic rings. The van der Waals surface area contributed by atoms with Gasteiger partial charge in [0.05, 0.1) is 16.3 Å². The standard InChI is InChI=1S/C24H16Cl2N2O4/c1-14-6-2-4-8-18(14)28-22(29)20(26)21(23(28)30)27-16-12-10-15(11-13-16)24(31)32-19-9-5-3-7-17(19)25/h2-13,27H,1H3. The highest BCUT2D eigenvalue weighted by Gasteiger charge is 2.39. The summed E-state index contributed by atoms with van der Waals surface area (Å²) in [6.45, 7) is 1.80. The number of hydrogen-bond acceptors (Lipinski definition) is 5. The molecule has 0 fully saturated rings. The van der Waals surface area contributed by atoms with Crippen molar-refractivity contribution < 1.29 is 19.1 Å². The number of aryl methyl sites for hydroxylation is 1.